The van der Waals surface area contributed by atoms with Crippen LogP contribution in [-0.4, -0.2) is 0 Å². The minimum absolute atomic E-state index is 0.234. The average Bonchev–Trinajstić information content (AvgIpc) is 4.03. The van der Waals surface area contributed by atoms with E-state index < -0.39 is 10.8 Å². The first-order chi connectivity index (χ1) is 37.1. The van der Waals surface area contributed by atoms with Gasteiger partial charge in [0, 0.05) is 22.5 Å². The van der Waals surface area contributed by atoms with Crippen molar-refractivity contribution in [3.63, 3.8) is 0 Å². The summed E-state index contributed by atoms with van der Waals surface area (Å²) in [5.41, 5.74) is 25.6. The van der Waals surface area contributed by atoms with E-state index in [0.29, 0.717) is 11.8 Å². The van der Waals surface area contributed by atoms with Crippen molar-refractivity contribution in [1.82, 2.24) is 0 Å². The second-order valence-electron chi connectivity index (χ2n) is 22.7. The van der Waals surface area contributed by atoms with Gasteiger partial charge in [0.2, 0.25) is 0 Å². The van der Waals surface area contributed by atoms with Crippen molar-refractivity contribution in [3.8, 4) is 33.4 Å². The van der Waals surface area contributed by atoms with Crippen molar-refractivity contribution in [1.29, 1.82) is 0 Å². The Bertz CT molecular complexity index is 3870. The summed E-state index contributed by atoms with van der Waals surface area (Å²) < 4.78 is 0. The summed E-state index contributed by atoms with van der Waals surface area (Å²) in [6.07, 6.45) is 0. The van der Waals surface area contributed by atoms with Crippen molar-refractivity contribution in [2.75, 3.05) is 4.90 Å². The van der Waals surface area contributed by atoms with Gasteiger partial charge < -0.3 is 4.90 Å². The van der Waals surface area contributed by atoms with Gasteiger partial charge in [-0.05, 0) is 159 Å². The third-order valence-electron chi connectivity index (χ3n) is 17.8. The van der Waals surface area contributed by atoms with Gasteiger partial charge in [-0.15, -0.1) is 0 Å². The quantitative estimate of drug-likeness (QED) is 0.139. The Labute approximate surface area is 448 Å². The molecule has 14 rings (SSSR count). The first-order valence-corrected chi connectivity index (χ1v) is 27.4. The number of hydrogen-bond acceptors (Lipinski definition) is 1. The summed E-state index contributed by atoms with van der Waals surface area (Å²) in [7, 11) is 0. The Hall–Kier alpha value is -8.52. The van der Waals surface area contributed by atoms with Gasteiger partial charge in [0.1, 0.15) is 0 Å². The monoisotopic (exact) mass is 975 g/mol. The lowest BCUT2D eigenvalue weighted by atomic mass is 9.67. The maximum absolute atomic E-state index is 2.54. The summed E-state index contributed by atoms with van der Waals surface area (Å²) in [6.45, 7) is 14.0. The van der Waals surface area contributed by atoms with Gasteiger partial charge in [0.05, 0.1) is 10.8 Å². The molecule has 0 saturated heterocycles. The molecule has 1 nitrogen and oxygen atoms in total. The van der Waals surface area contributed by atoms with Crippen LogP contribution in [0, 0.1) is 0 Å². The number of nitrogens with zero attached hydrogens (tertiary/aromatic N) is 1. The van der Waals surface area contributed by atoms with Gasteiger partial charge >= 0.3 is 0 Å². The molecule has 0 spiro atoms. The van der Waals surface area contributed by atoms with Gasteiger partial charge in [-0.1, -0.05) is 254 Å². The Morgan fingerprint density at radius 2 is 0.697 bits per heavy atom. The lowest BCUT2D eigenvalue weighted by Crippen LogP contribution is -2.28. The van der Waals surface area contributed by atoms with Crippen molar-refractivity contribution < 1.29 is 0 Å². The molecule has 11 aromatic carbocycles. The van der Waals surface area contributed by atoms with Crippen molar-refractivity contribution >= 4 is 27.8 Å². The first kappa shape index (κ1) is 46.0. The summed E-state index contributed by atoms with van der Waals surface area (Å²) in [4.78, 5) is 2.54. The Balaban J connectivity index is 1.01. The topological polar surface area (TPSA) is 3.24 Å². The highest BCUT2D eigenvalue weighted by Crippen LogP contribution is 2.60. The van der Waals surface area contributed by atoms with Crippen LogP contribution in [0.1, 0.15) is 120 Å². The fourth-order valence-corrected chi connectivity index (χ4v) is 14.2. The number of hydrogen-bond donors (Lipinski definition) is 0. The van der Waals surface area contributed by atoms with Crippen LogP contribution in [0.15, 0.2) is 249 Å². The molecule has 2 atom stereocenters. The molecule has 0 heterocycles. The number of benzene rings is 11. The highest BCUT2D eigenvalue weighted by Gasteiger charge is 2.48. The Morgan fingerprint density at radius 1 is 0.303 bits per heavy atom. The molecule has 0 bridgehead atoms. The molecule has 3 aliphatic rings. The molecule has 3 aliphatic carbocycles. The van der Waals surface area contributed by atoms with E-state index in [0.717, 1.165) is 17.1 Å². The van der Waals surface area contributed by atoms with Gasteiger partial charge in [0.25, 0.3) is 0 Å². The van der Waals surface area contributed by atoms with Gasteiger partial charge in [-0.3, -0.25) is 0 Å². The van der Waals surface area contributed by atoms with Crippen LogP contribution in [0.3, 0.4) is 0 Å². The summed E-state index contributed by atoms with van der Waals surface area (Å²) in [6, 6.07) is 95.1. The van der Waals surface area contributed by atoms with Crippen LogP contribution in [0.4, 0.5) is 17.1 Å². The molecule has 0 N–H and O–H groups in total. The molecule has 366 valence electrons. The van der Waals surface area contributed by atoms with E-state index >= 15 is 0 Å². The minimum atomic E-state index is -0.510. The zero-order valence-electron chi connectivity index (χ0n) is 44.3. The van der Waals surface area contributed by atoms with E-state index in [-0.39, 0.29) is 5.41 Å². The Kier molecular flexibility index (Phi) is 10.5. The summed E-state index contributed by atoms with van der Waals surface area (Å²) >= 11 is 0. The van der Waals surface area contributed by atoms with Crippen molar-refractivity contribution in [2.24, 2.45) is 0 Å². The zero-order valence-corrected chi connectivity index (χ0v) is 44.3. The highest BCUT2D eigenvalue weighted by atomic mass is 15.1. The van der Waals surface area contributed by atoms with Crippen LogP contribution in [-0.2, 0) is 16.2 Å². The van der Waals surface area contributed by atoms with Crippen LogP contribution in [0.2, 0.25) is 0 Å². The second kappa shape index (κ2) is 17.3. The standard InChI is InChI=1S/C75H61N/c1-48(2)50-29-34-55(35-30-50)74(53-20-9-7-10-21-53)67-27-17-15-25-61(67)65-45-57(39-43-69(65)74)76(59-38-42-63-64-41-33-52-19-13-14-24-60(52)72(64)73(5,6)71(63)47-59)58-40-44-70-66(46-58)62-26-16-18-28-68(62)75(70,54-22-11-8-12-23-54)56-36-31-51(32-37-56)49(3)4/h7-49H,1-6H3. The average molecular weight is 976 g/mol. The number of rotatable bonds is 9. The molecular formula is C75H61N. The van der Waals surface area contributed by atoms with Gasteiger partial charge in [0.15, 0.2) is 0 Å². The van der Waals surface area contributed by atoms with E-state index in [9.17, 15) is 0 Å². The van der Waals surface area contributed by atoms with Crippen LogP contribution in [0.25, 0.3) is 44.2 Å². The van der Waals surface area contributed by atoms with Gasteiger partial charge in [-0.25, -0.2) is 0 Å². The van der Waals surface area contributed by atoms with E-state index in [4.69, 9.17) is 0 Å². The number of anilines is 3. The Morgan fingerprint density at radius 3 is 1.21 bits per heavy atom. The van der Waals surface area contributed by atoms with Crippen LogP contribution < -0.4 is 4.90 Å². The largest absolute Gasteiger partial charge is 0.310 e. The van der Waals surface area contributed by atoms with E-state index in [2.05, 4.69) is 295 Å². The SMILES string of the molecule is CC(C)c1ccc(C2(c3ccccc3)c3ccccc3-c3cc(N(c4ccc5c(c4)-c4ccccc4C5(c4ccccc4)c4ccc(C(C)C)cc4)c4ccc5c(c4)C(C)(C)c4c-5ccc5ccccc45)ccc32)cc1. The van der Waals surface area contributed by atoms with E-state index in [1.165, 1.54) is 111 Å². The lowest BCUT2D eigenvalue weighted by Gasteiger charge is -2.35. The second-order valence-corrected chi connectivity index (χ2v) is 22.7. The molecule has 0 amide bonds. The summed E-state index contributed by atoms with van der Waals surface area (Å²) in [5.74, 6) is 0.880. The predicted molar refractivity (Wildman–Crippen MR) is 319 cm³/mol. The predicted octanol–water partition coefficient (Wildman–Crippen LogP) is 19.6. The lowest BCUT2D eigenvalue weighted by molar-refractivity contribution is 0.666. The first-order valence-electron chi connectivity index (χ1n) is 27.4. The maximum atomic E-state index is 2.54. The number of fused-ring (bicyclic) bond motifs is 11. The summed E-state index contributed by atoms with van der Waals surface area (Å²) in [5, 5.41) is 2.61. The molecule has 11 aromatic rings. The van der Waals surface area contributed by atoms with Crippen LogP contribution in [0.5, 0.6) is 0 Å². The van der Waals surface area contributed by atoms with Crippen molar-refractivity contribution in [2.45, 2.75) is 69.6 Å². The van der Waals surface area contributed by atoms with Crippen LogP contribution >= 0.6 is 0 Å². The smallest absolute Gasteiger partial charge is 0.0713 e. The minimum Gasteiger partial charge on any atom is -0.310 e. The molecule has 0 radical (unpaired) electrons. The third-order valence-corrected chi connectivity index (χ3v) is 17.8. The molecule has 0 aromatic heterocycles. The molecule has 2 unspecified atom stereocenters. The van der Waals surface area contributed by atoms with Gasteiger partial charge in [-0.2, -0.15) is 0 Å². The van der Waals surface area contributed by atoms with E-state index in [1.54, 1.807) is 0 Å². The highest BCUT2D eigenvalue weighted by molar-refractivity contribution is 5.99. The molecule has 76 heavy (non-hydrogen) atoms. The fourth-order valence-electron chi connectivity index (χ4n) is 14.2. The van der Waals surface area contributed by atoms with Crippen molar-refractivity contribution in [3.05, 3.63) is 315 Å². The molecular weight excluding hydrogens is 915 g/mol. The normalized spacial score (nSPS) is 17.3. The third kappa shape index (κ3) is 6.51. The molecule has 0 aliphatic heterocycles. The molecule has 0 saturated carbocycles. The molecule has 1 heteroatoms. The maximum Gasteiger partial charge on any atom is 0.0713 e. The zero-order chi connectivity index (χ0) is 51.5. The fraction of sp³-hybridized carbons (Fsp3) is 0.147. The molecule has 0 fully saturated rings. The van der Waals surface area contributed by atoms with E-state index in [1.807, 2.05) is 0 Å².